The maximum atomic E-state index is 10.3. The molecule has 1 unspecified atom stereocenters. The highest BCUT2D eigenvalue weighted by Crippen LogP contribution is 2.37. The lowest BCUT2D eigenvalue weighted by Gasteiger charge is -2.17. The minimum Gasteiger partial charge on any atom is -0.307 e. The first kappa shape index (κ1) is 11.1. The van der Waals surface area contributed by atoms with Gasteiger partial charge in [-0.1, -0.05) is 0 Å². The molecule has 0 radical (unpaired) electrons. The van der Waals surface area contributed by atoms with Gasteiger partial charge in [0.2, 0.25) is 0 Å². The number of hydrogen-bond donors (Lipinski definition) is 2. The van der Waals surface area contributed by atoms with Gasteiger partial charge in [-0.2, -0.15) is 0 Å². The van der Waals surface area contributed by atoms with Gasteiger partial charge in [-0.25, -0.2) is 4.57 Å². The van der Waals surface area contributed by atoms with Gasteiger partial charge in [0.05, 0.1) is 6.10 Å². The average molecular weight is 183 g/mol. The van der Waals surface area contributed by atoms with E-state index < -0.39 is 13.9 Å². The lowest BCUT2D eigenvalue weighted by molar-refractivity contribution is 0.122. The van der Waals surface area contributed by atoms with Crippen LogP contribution in [0.4, 0.5) is 0 Å². The number of likely N-dealkylation sites (N-methyl/N-ethyl adjacent to an activating group) is 1. The van der Waals surface area contributed by atoms with Crippen molar-refractivity contribution in [2.75, 3.05) is 20.6 Å². The molecule has 0 saturated carbocycles. The average Bonchev–Trinajstić information content (AvgIpc) is 1.53. The van der Waals surface area contributed by atoms with Crippen molar-refractivity contribution in [3.8, 4) is 0 Å². The summed E-state index contributed by atoms with van der Waals surface area (Å²) in [6.07, 6.45) is -0.453. The van der Waals surface area contributed by atoms with E-state index >= 15 is 0 Å². The molecule has 68 valence electrons. The summed E-state index contributed by atoms with van der Waals surface area (Å²) in [6.45, 7) is 2.10. The highest BCUT2D eigenvalue weighted by molar-refractivity contribution is 7.46. The fraction of sp³-hybridized carbons (Fsp3) is 1.00. The molecule has 5 nitrogen and oxygen atoms in total. The summed E-state index contributed by atoms with van der Waals surface area (Å²) >= 11 is 0. The van der Waals surface area contributed by atoms with Crippen molar-refractivity contribution in [2.24, 2.45) is 0 Å². The summed E-state index contributed by atoms with van der Waals surface area (Å²) in [7, 11) is -0.695. The standard InChI is InChI=1S/C5H14NO4P/c1-5(4-6(2)3)10-11(7,8)9/h5H,4H2,1-3H3,(H2,7,8,9). The van der Waals surface area contributed by atoms with Gasteiger partial charge < -0.3 is 14.7 Å². The summed E-state index contributed by atoms with van der Waals surface area (Å²) in [5.41, 5.74) is 0. The smallest absolute Gasteiger partial charge is 0.307 e. The molecular weight excluding hydrogens is 169 g/mol. The molecule has 11 heavy (non-hydrogen) atoms. The van der Waals surface area contributed by atoms with Crippen molar-refractivity contribution < 1.29 is 18.9 Å². The monoisotopic (exact) mass is 183 g/mol. The number of phosphoric acid groups is 1. The zero-order valence-corrected chi connectivity index (χ0v) is 7.78. The van der Waals surface area contributed by atoms with Crippen LogP contribution in [0.2, 0.25) is 0 Å². The number of rotatable bonds is 4. The van der Waals surface area contributed by atoms with E-state index in [1.807, 2.05) is 0 Å². The third-order valence-electron chi connectivity index (χ3n) is 0.940. The molecule has 0 aliphatic carbocycles. The second-order valence-corrected chi connectivity index (χ2v) is 3.86. The molecule has 0 aliphatic rings. The van der Waals surface area contributed by atoms with Gasteiger partial charge in [0.25, 0.3) is 0 Å². The van der Waals surface area contributed by atoms with Crippen LogP contribution in [0.1, 0.15) is 6.92 Å². The Balaban J connectivity index is 3.70. The second-order valence-electron chi connectivity index (χ2n) is 2.67. The normalized spacial score (nSPS) is 15.5. The molecule has 0 amide bonds. The number of phosphoric ester groups is 1. The third kappa shape index (κ3) is 7.97. The highest BCUT2D eigenvalue weighted by Gasteiger charge is 2.18. The molecule has 0 aliphatic heterocycles. The molecule has 0 spiro atoms. The minimum atomic E-state index is -4.30. The largest absolute Gasteiger partial charge is 0.469 e. The molecule has 0 fully saturated rings. The maximum absolute atomic E-state index is 10.3. The van der Waals surface area contributed by atoms with E-state index in [1.165, 1.54) is 0 Å². The quantitative estimate of drug-likeness (QED) is 0.602. The van der Waals surface area contributed by atoms with E-state index in [2.05, 4.69) is 4.52 Å². The van der Waals surface area contributed by atoms with Crippen LogP contribution in [-0.2, 0) is 9.09 Å². The van der Waals surface area contributed by atoms with Crippen molar-refractivity contribution in [1.29, 1.82) is 0 Å². The van der Waals surface area contributed by atoms with Gasteiger partial charge in [0, 0.05) is 6.54 Å². The van der Waals surface area contributed by atoms with E-state index in [0.717, 1.165) is 0 Å². The number of hydrogen-bond acceptors (Lipinski definition) is 3. The zero-order valence-electron chi connectivity index (χ0n) is 6.89. The first-order valence-corrected chi connectivity index (χ1v) is 4.73. The molecule has 0 heterocycles. The lowest BCUT2D eigenvalue weighted by Crippen LogP contribution is -2.24. The molecule has 0 rings (SSSR count). The summed E-state index contributed by atoms with van der Waals surface area (Å²) < 4.78 is 14.7. The zero-order chi connectivity index (χ0) is 9.07. The van der Waals surface area contributed by atoms with E-state index in [0.29, 0.717) is 6.54 Å². The summed E-state index contributed by atoms with van der Waals surface area (Å²) in [4.78, 5) is 18.5. The van der Waals surface area contributed by atoms with Crippen molar-refractivity contribution in [3.05, 3.63) is 0 Å². The van der Waals surface area contributed by atoms with Crippen molar-refractivity contribution in [1.82, 2.24) is 4.90 Å². The fourth-order valence-electron chi connectivity index (χ4n) is 0.782. The third-order valence-corrected chi connectivity index (χ3v) is 1.57. The van der Waals surface area contributed by atoms with Gasteiger partial charge in [0.1, 0.15) is 0 Å². The van der Waals surface area contributed by atoms with Gasteiger partial charge >= 0.3 is 7.82 Å². The van der Waals surface area contributed by atoms with Crippen LogP contribution in [0.3, 0.4) is 0 Å². The molecule has 6 heteroatoms. The topological polar surface area (TPSA) is 70.0 Å². The molecule has 0 aromatic rings. The van der Waals surface area contributed by atoms with Crippen molar-refractivity contribution in [3.63, 3.8) is 0 Å². The van der Waals surface area contributed by atoms with Crippen LogP contribution in [0, 0.1) is 0 Å². The Morgan fingerprint density at radius 2 is 2.00 bits per heavy atom. The Labute approximate surface area is 66.2 Å². The predicted octanol–water partition coefficient (Wildman–Crippen LogP) is 0.0458. The Hall–Kier alpha value is 0.0700. The molecule has 0 aromatic heterocycles. The summed E-state index contributed by atoms with van der Waals surface area (Å²) in [5.74, 6) is 0. The van der Waals surface area contributed by atoms with Gasteiger partial charge in [-0.15, -0.1) is 0 Å². The molecule has 1 atom stereocenters. The van der Waals surface area contributed by atoms with Gasteiger partial charge in [0.15, 0.2) is 0 Å². The van der Waals surface area contributed by atoms with Crippen molar-refractivity contribution >= 4 is 7.82 Å². The van der Waals surface area contributed by atoms with E-state index in [9.17, 15) is 4.57 Å². The fourth-order valence-corrected chi connectivity index (χ4v) is 1.32. The van der Waals surface area contributed by atoms with Crippen LogP contribution in [0.15, 0.2) is 0 Å². The number of nitrogens with zero attached hydrogens (tertiary/aromatic N) is 1. The first-order valence-electron chi connectivity index (χ1n) is 3.20. The molecule has 2 N–H and O–H groups in total. The Morgan fingerprint density at radius 1 is 1.55 bits per heavy atom. The van der Waals surface area contributed by atoms with Gasteiger partial charge in [-0.05, 0) is 21.0 Å². The Bertz CT molecular complexity index is 155. The molecular formula is C5H14NO4P. The molecule has 0 saturated heterocycles. The Kier molecular flexibility index (Phi) is 4.21. The van der Waals surface area contributed by atoms with Crippen LogP contribution in [0.5, 0.6) is 0 Å². The van der Waals surface area contributed by atoms with Gasteiger partial charge in [-0.3, -0.25) is 4.52 Å². The lowest BCUT2D eigenvalue weighted by atomic mass is 10.4. The predicted molar refractivity (Wildman–Crippen MR) is 41.1 cm³/mol. The molecule has 0 bridgehead atoms. The van der Waals surface area contributed by atoms with E-state index in [4.69, 9.17) is 9.79 Å². The second kappa shape index (κ2) is 4.18. The Morgan fingerprint density at radius 3 is 2.27 bits per heavy atom. The van der Waals surface area contributed by atoms with Crippen LogP contribution in [-0.4, -0.2) is 41.4 Å². The molecule has 0 aromatic carbocycles. The minimum absolute atomic E-state index is 0.453. The maximum Gasteiger partial charge on any atom is 0.469 e. The first-order chi connectivity index (χ1) is 4.81. The van der Waals surface area contributed by atoms with Crippen LogP contribution in [0.25, 0.3) is 0 Å². The van der Waals surface area contributed by atoms with E-state index in [1.54, 1.807) is 25.9 Å². The highest BCUT2D eigenvalue weighted by atomic mass is 31.2. The summed E-state index contributed by atoms with van der Waals surface area (Å²) in [5, 5.41) is 0. The van der Waals surface area contributed by atoms with Crippen LogP contribution < -0.4 is 0 Å². The van der Waals surface area contributed by atoms with Crippen LogP contribution >= 0.6 is 7.82 Å². The summed E-state index contributed by atoms with van der Waals surface area (Å²) in [6, 6.07) is 0. The van der Waals surface area contributed by atoms with E-state index in [-0.39, 0.29) is 0 Å². The van der Waals surface area contributed by atoms with Crippen molar-refractivity contribution in [2.45, 2.75) is 13.0 Å². The SMILES string of the molecule is CC(CN(C)C)OP(=O)(O)O.